The third-order valence-corrected chi connectivity index (χ3v) is 5.74. The Kier molecular flexibility index (Phi) is 3.97. The number of hydrogen-bond donors (Lipinski definition) is 1. The third-order valence-electron chi connectivity index (χ3n) is 5.74. The molecule has 5 rings (SSSR count). The molecule has 3 amide bonds. The highest BCUT2D eigenvalue weighted by Gasteiger charge is 2.49. The van der Waals surface area contributed by atoms with Crippen LogP contribution in [0.1, 0.15) is 35.9 Å². The molecule has 7 heteroatoms. The van der Waals surface area contributed by atoms with E-state index >= 15 is 0 Å². The van der Waals surface area contributed by atoms with Crippen molar-refractivity contribution in [1.29, 1.82) is 0 Å². The number of rotatable bonds is 4. The van der Waals surface area contributed by atoms with Gasteiger partial charge in [0, 0.05) is 5.56 Å². The molecule has 1 fully saturated rings. The van der Waals surface area contributed by atoms with Crippen LogP contribution >= 0.6 is 0 Å². The molecule has 0 radical (unpaired) electrons. The molecule has 29 heavy (non-hydrogen) atoms. The Morgan fingerprint density at radius 1 is 1.10 bits per heavy atom. The number of aromatic nitrogens is 2. The number of carbonyl (C=O) groups excluding carboxylic acids is 2. The number of urea groups is 1. The van der Waals surface area contributed by atoms with Crippen LogP contribution in [0.5, 0.6) is 0 Å². The van der Waals surface area contributed by atoms with Crippen molar-refractivity contribution < 1.29 is 14.1 Å². The molecule has 2 aliphatic rings. The molecule has 1 aliphatic carbocycles. The van der Waals surface area contributed by atoms with E-state index in [-0.39, 0.29) is 18.3 Å². The maximum absolute atomic E-state index is 13.2. The highest BCUT2D eigenvalue weighted by Crippen LogP contribution is 2.33. The Morgan fingerprint density at radius 3 is 2.72 bits per heavy atom. The van der Waals surface area contributed by atoms with Gasteiger partial charge < -0.3 is 9.84 Å². The zero-order valence-corrected chi connectivity index (χ0v) is 16.0. The fraction of sp³-hybridized carbons (Fsp3) is 0.273. The molecule has 2 heterocycles. The molecular weight excluding hydrogens is 368 g/mol. The summed E-state index contributed by atoms with van der Waals surface area (Å²) in [6.45, 7) is 1.68. The first kappa shape index (κ1) is 17.6. The van der Waals surface area contributed by atoms with Crippen molar-refractivity contribution in [2.75, 3.05) is 0 Å². The number of hydrogen-bond acceptors (Lipinski definition) is 5. The van der Waals surface area contributed by atoms with E-state index in [0.29, 0.717) is 5.82 Å². The lowest BCUT2D eigenvalue weighted by atomic mass is 9.90. The quantitative estimate of drug-likeness (QED) is 0.694. The van der Waals surface area contributed by atoms with Crippen molar-refractivity contribution in [3.05, 3.63) is 71.1 Å². The zero-order chi connectivity index (χ0) is 20.0. The predicted molar refractivity (Wildman–Crippen MR) is 105 cm³/mol. The van der Waals surface area contributed by atoms with Crippen LogP contribution < -0.4 is 5.32 Å². The maximum Gasteiger partial charge on any atom is 0.325 e. The number of nitrogens with zero attached hydrogens (tertiary/aromatic N) is 3. The van der Waals surface area contributed by atoms with Crippen LogP contribution in [0.2, 0.25) is 0 Å². The molecule has 3 aromatic rings. The maximum atomic E-state index is 13.2. The number of carbonyl (C=O) groups is 2. The minimum atomic E-state index is -1.10. The second-order valence-electron chi connectivity index (χ2n) is 7.66. The van der Waals surface area contributed by atoms with E-state index in [1.807, 2.05) is 42.5 Å². The molecule has 1 aliphatic heterocycles. The molecule has 1 N–H and O–H groups in total. The van der Waals surface area contributed by atoms with Gasteiger partial charge in [-0.2, -0.15) is 4.98 Å². The van der Waals surface area contributed by atoms with Crippen molar-refractivity contribution in [3.63, 3.8) is 0 Å². The van der Waals surface area contributed by atoms with Crippen LogP contribution in [0.3, 0.4) is 0 Å². The van der Waals surface area contributed by atoms with Crippen molar-refractivity contribution in [1.82, 2.24) is 20.4 Å². The summed E-state index contributed by atoms with van der Waals surface area (Å²) in [6.07, 6.45) is 3.21. The van der Waals surface area contributed by atoms with Gasteiger partial charge in [0.15, 0.2) is 0 Å². The monoisotopic (exact) mass is 388 g/mol. The minimum Gasteiger partial charge on any atom is -0.337 e. The number of nitrogens with one attached hydrogen (secondary N) is 1. The summed E-state index contributed by atoms with van der Waals surface area (Å²) in [5.74, 6) is 0.319. The Bertz CT molecular complexity index is 1110. The molecule has 1 saturated heterocycles. The van der Waals surface area contributed by atoms with Crippen LogP contribution in [-0.2, 0) is 29.7 Å². The summed E-state index contributed by atoms with van der Waals surface area (Å²) in [5, 5.41) is 6.80. The number of imide groups is 1. The SMILES string of the molecule is C[C@@]1(c2ccc3c(c2)CCC3)NC(=O)N(Cc2nc(-c3ccccc3)no2)C1=O. The average Bonchev–Trinajstić information content (AvgIpc) is 3.44. The summed E-state index contributed by atoms with van der Waals surface area (Å²) >= 11 is 0. The van der Waals surface area contributed by atoms with E-state index in [9.17, 15) is 9.59 Å². The van der Waals surface area contributed by atoms with E-state index in [4.69, 9.17) is 4.52 Å². The summed E-state index contributed by atoms with van der Waals surface area (Å²) in [6, 6.07) is 15.0. The first-order valence-corrected chi connectivity index (χ1v) is 9.69. The molecule has 1 aromatic heterocycles. The van der Waals surface area contributed by atoms with E-state index in [0.717, 1.165) is 35.3 Å². The fourth-order valence-corrected chi connectivity index (χ4v) is 4.08. The lowest BCUT2D eigenvalue weighted by Crippen LogP contribution is -2.41. The van der Waals surface area contributed by atoms with Gasteiger partial charge in [0.05, 0.1) is 0 Å². The van der Waals surface area contributed by atoms with Crippen molar-refractivity contribution in [3.8, 4) is 11.4 Å². The lowest BCUT2D eigenvalue weighted by molar-refractivity contribution is -0.131. The molecular formula is C22H20N4O3. The van der Waals surface area contributed by atoms with Crippen LogP contribution in [-0.4, -0.2) is 27.0 Å². The Labute approximate surface area is 167 Å². The highest BCUT2D eigenvalue weighted by molar-refractivity contribution is 6.07. The molecule has 1 atom stereocenters. The second kappa shape index (κ2) is 6.55. The van der Waals surface area contributed by atoms with E-state index in [2.05, 4.69) is 21.5 Å². The number of fused-ring (bicyclic) bond motifs is 1. The largest absolute Gasteiger partial charge is 0.337 e. The molecule has 7 nitrogen and oxygen atoms in total. The minimum absolute atomic E-state index is 0.0645. The topological polar surface area (TPSA) is 88.3 Å². The average molecular weight is 388 g/mol. The Morgan fingerprint density at radius 2 is 1.90 bits per heavy atom. The van der Waals surface area contributed by atoms with Gasteiger partial charge in [-0.25, -0.2) is 4.79 Å². The van der Waals surface area contributed by atoms with E-state index in [1.165, 1.54) is 11.1 Å². The predicted octanol–water partition coefficient (Wildman–Crippen LogP) is 3.19. The Balaban J connectivity index is 1.39. The summed E-state index contributed by atoms with van der Waals surface area (Å²) in [5.41, 5.74) is 3.09. The summed E-state index contributed by atoms with van der Waals surface area (Å²) in [7, 11) is 0. The summed E-state index contributed by atoms with van der Waals surface area (Å²) in [4.78, 5) is 31.2. The van der Waals surface area contributed by atoms with Gasteiger partial charge in [-0.1, -0.05) is 53.7 Å². The molecule has 0 spiro atoms. The van der Waals surface area contributed by atoms with Gasteiger partial charge in [-0.15, -0.1) is 0 Å². The molecule has 0 unspecified atom stereocenters. The van der Waals surface area contributed by atoms with E-state index < -0.39 is 11.6 Å². The third kappa shape index (κ3) is 2.90. The molecule has 146 valence electrons. The molecule has 0 bridgehead atoms. The van der Waals surface area contributed by atoms with Crippen LogP contribution in [0.25, 0.3) is 11.4 Å². The van der Waals surface area contributed by atoms with Gasteiger partial charge >= 0.3 is 6.03 Å². The van der Waals surface area contributed by atoms with Gasteiger partial charge in [0.1, 0.15) is 12.1 Å². The first-order chi connectivity index (χ1) is 14.0. The lowest BCUT2D eigenvalue weighted by Gasteiger charge is -2.22. The molecule has 2 aromatic carbocycles. The standard InChI is InChI=1S/C22H20N4O3/c1-22(17-11-10-14-8-5-9-16(14)12-17)20(27)26(21(28)24-22)13-18-23-19(25-29-18)15-6-3-2-4-7-15/h2-4,6-7,10-12H,5,8-9,13H2,1H3,(H,24,28)/t22-/m0/s1. The highest BCUT2D eigenvalue weighted by atomic mass is 16.5. The number of aryl methyl sites for hydroxylation is 2. The van der Waals surface area contributed by atoms with E-state index in [1.54, 1.807) is 6.92 Å². The van der Waals surface area contributed by atoms with Crippen LogP contribution in [0.4, 0.5) is 4.79 Å². The van der Waals surface area contributed by atoms with Gasteiger partial charge in [0.25, 0.3) is 5.91 Å². The molecule has 0 saturated carbocycles. The summed E-state index contributed by atoms with van der Waals surface area (Å²) < 4.78 is 5.28. The first-order valence-electron chi connectivity index (χ1n) is 9.69. The van der Waals surface area contributed by atoms with Crippen molar-refractivity contribution in [2.45, 2.75) is 38.3 Å². The number of amides is 3. The normalized spacial score (nSPS) is 20.8. The van der Waals surface area contributed by atoms with Crippen molar-refractivity contribution in [2.24, 2.45) is 0 Å². The fourth-order valence-electron chi connectivity index (χ4n) is 4.08. The van der Waals surface area contributed by atoms with Crippen molar-refractivity contribution >= 4 is 11.9 Å². The second-order valence-corrected chi connectivity index (χ2v) is 7.66. The van der Waals surface area contributed by atoms with Gasteiger partial charge in [-0.3, -0.25) is 9.69 Å². The smallest absolute Gasteiger partial charge is 0.325 e. The Hall–Kier alpha value is -3.48. The van der Waals surface area contributed by atoms with Crippen LogP contribution in [0.15, 0.2) is 53.1 Å². The van der Waals surface area contributed by atoms with Crippen LogP contribution in [0, 0.1) is 0 Å². The zero-order valence-electron chi connectivity index (χ0n) is 16.0. The number of benzene rings is 2. The van der Waals surface area contributed by atoms with Gasteiger partial charge in [-0.05, 0) is 42.9 Å². The van der Waals surface area contributed by atoms with Gasteiger partial charge in [0.2, 0.25) is 11.7 Å².